The highest BCUT2D eigenvalue weighted by atomic mass is 32.1. The van der Waals surface area contributed by atoms with Gasteiger partial charge in [0.15, 0.2) is 11.5 Å². The number of hydrogen-bond donors (Lipinski definition) is 1. The van der Waals surface area contributed by atoms with Crippen molar-refractivity contribution >= 4 is 33.4 Å². The minimum absolute atomic E-state index is 0.0241. The van der Waals surface area contributed by atoms with Crippen LogP contribution in [0.4, 0.5) is 10.3 Å². The molecule has 0 radical (unpaired) electrons. The van der Waals surface area contributed by atoms with Crippen molar-refractivity contribution in [1.29, 1.82) is 0 Å². The SMILES string of the molecule is COc1ccc(CNC(=O)C2CCN(c3nnc(N4CCCC4=O)s3)CC2)cc1OC. The number of nitrogens with one attached hydrogen (secondary N) is 1. The van der Waals surface area contributed by atoms with E-state index in [1.54, 1.807) is 19.1 Å². The van der Waals surface area contributed by atoms with Gasteiger partial charge in [-0.15, -0.1) is 10.2 Å². The van der Waals surface area contributed by atoms with Crippen LogP contribution in [-0.2, 0) is 16.1 Å². The first kappa shape index (κ1) is 21.4. The van der Waals surface area contributed by atoms with E-state index < -0.39 is 0 Å². The number of nitrogens with zero attached hydrogens (tertiary/aromatic N) is 4. The molecule has 2 fully saturated rings. The lowest BCUT2D eigenvalue weighted by Crippen LogP contribution is -2.40. The third-order valence-corrected chi connectivity index (χ3v) is 6.77. The molecule has 0 atom stereocenters. The highest BCUT2D eigenvalue weighted by molar-refractivity contribution is 7.19. The van der Waals surface area contributed by atoms with Gasteiger partial charge in [-0.25, -0.2) is 0 Å². The number of piperidine rings is 1. The number of carbonyl (C=O) groups excluding carboxylic acids is 2. The van der Waals surface area contributed by atoms with E-state index in [1.165, 1.54) is 11.3 Å². The molecule has 166 valence electrons. The Balaban J connectivity index is 1.27. The van der Waals surface area contributed by atoms with Crippen molar-refractivity contribution in [2.24, 2.45) is 5.92 Å². The molecule has 9 nitrogen and oxygen atoms in total. The number of methoxy groups -OCH3 is 2. The van der Waals surface area contributed by atoms with Crippen LogP contribution in [0.25, 0.3) is 0 Å². The first-order chi connectivity index (χ1) is 15.1. The number of amides is 2. The smallest absolute Gasteiger partial charge is 0.228 e. The van der Waals surface area contributed by atoms with E-state index in [0.717, 1.165) is 49.6 Å². The van der Waals surface area contributed by atoms with E-state index in [-0.39, 0.29) is 17.7 Å². The number of anilines is 2. The van der Waals surface area contributed by atoms with Gasteiger partial charge in [0.2, 0.25) is 22.1 Å². The molecular formula is C21H27N5O4S. The summed E-state index contributed by atoms with van der Waals surface area (Å²) in [5, 5.41) is 13.0. The van der Waals surface area contributed by atoms with Crippen LogP contribution < -0.4 is 24.6 Å². The summed E-state index contributed by atoms with van der Waals surface area (Å²) < 4.78 is 10.6. The Bertz CT molecular complexity index is 942. The maximum absolute atomic E-state index is 12.7. The monoisotopic (exact) mass is 445 g/mol. The molecule has 0 aliphatic carbocycles. The van der Waals surface area contributed by atoms with Crippen LogP contribution in [-0.4, -0.2) is 55.9 Å². The fraction of sp³-hybridized carbons (Fsp3) is 0.524. The highest BCUT2D eigenvalue weighted by Gasteiger charge is 2.29. The Labute approximate surface area is 185 Å². The molecule has 2 aliphatic rings. The number of aromatic nitrogens is 2. The second kappa shape index (κ2) is 9.51. The Morgan fingerprint density at radius 1 is 1.13 bits per heavy atom. The van der Waals surface area contributed by atoms with Gasteiger partial charge >= 0.3 is 0 Å². The van der Waals surface area contributed by atoms with Crippen LogP contribution in [0, 0.1) is 5.92 Å². The van der Waals surface area contributed by atoms with Crippen molar-refractivity contribution in [2.75, 3.05) is 43.7 Å². The summed E-state index contributed by atoms with van der Waals surface area (Å²) in [7, 11) is 3.19. The standard InChI is InChI=1S/C21H27N5O4S/c1-29-16-6-5-14(12-17(16)30-2)13-22-19(28)15-7-10-25(11-8-15)20-23-24-21(31-20)26-9-3-4-18(26)27/h5-6,12,15H,3-4,7-11,13H2,1-2H3,(H,22,28). The fourth-order valence-corrected chi connectivity index (χ4v) is 4.89. The van der Waals surface area contributed by atoms with Crippen LogP contribution in [0.2, 0.25) is 0 Å². The van der Waals surface area contributed by atoms with Gasteiger partial charge in [-0.3, -0.25) is 14.5 Å². The summed E-state index contributed by atoms with van der Waals surface area (Å²) in [5.74, 6) is 1.47. The normalized spacial score (nSPS) is 17.2. The maximum Gasteiger partial charge on any atom is 0.228 e. The van der Waals surface area contributed by atoms with Crippen molar-refractivity contribution in [3.05, 3.63) is 23.8 Å². The van der Waals surface area contributed by atoms with Gasteiger partial charge in [0.1, 0.15) is 0 Å². The molecule has 2 saturated heterocycles. The molecule has 2 aliphatic heterocycles. The van der Waals surface area contributed by atoms with Crippen LogP contribution in [0.3, 0.4) is 0 Å². The summed E-state index contributed by atoms with van der Waals surface area (Å²) in [4.78, 5) is 28.4. The minimum atomic E-state index is -0.0241. The average molecular weight is 446 g/mol. The lowest BCUT2D eigenvalue weighted by Gasteiger charge is -2.30. The van der Waals surface area contributed by atoms with E-state index in [4.69, 9.17) is 9.47 Å². The predicted molar refractivity (Wildman–Crippen MR) is 118 cm³/mol. The Morgan fingerprint density at radius 2 is 1.87 bits per heavy atom. The van der Waals surface area contributed by atoms with Gasteiger partial charge in [0, 0.05) is 38.5 Å². The largest absolute Gasteiger partial charge is 0.493 e. The second-order valence-corrected chi connectivity index (χ2v) is 8.62. The van der Waals surface area contributed by atoms with Crippen molar-refractivity contribution in [2.45, 2.75) is 32.2 Å². The molecule has 2 aromatic rings. The van der Waals surface area contributed by atoms with E-state index in [9.17, 15) is 9.59 Å². The van der Waals surface area contributed by atoms with Gasteiger partial charge in [0.05, 0.1) is 14.2 Å². The third kappa shape index (κ3) is 4.73. The molecule has 3 heterocycles. The maximum atomic E-state index is 12.7. The summed E-state index contributed by atoms with van der Waals surface area (Å²) in [6, 6.07) is 5.63. The van der Waals surface area contributed by atoms with E-state index >= 15 is 0 Å². The third-order valence-electron chi connectivity index (χ3n) is 5.76. The van der Waals surface area contributed by atoms with Crippen LogP contribution in [0.1, 0.15) is 31.2 Å². The molecule has 4 rings (SSSR count). The Kier molecular flexibility index (Phi) is 6.55. The Hall–Kier alpha value is -2.88. The number of carbonyl (C=O) groups is 2. The van der Waals surface area contributed by atoms with E-state index in [1.807, 2.05) is 18.2 Å². The van der Waals surface area contributed by atoms with Crippen molar-refractivity contribution in [3.63, 3.8) is 0 Å². The van der Waals surface area contributed by atoms with Crippen LogP contribution >= 0.6 is 11.3 Å². The lowest BCUT2D eigenvalue weighted by molar-refractivity contribution is -0.125. The molecule has 0 unspecified atom stereocenters. The van der Waals surface area contributed by atoms with Gasteiger partial charge in [-0.05, 0) is 37.0 Å². The average Bonchev–Trinajstić information content (AvgIpc) is 3.46. The minimum Gasteiger partial charge on any atom is -0.493 e. The topological polar surface area (TPSA) is 96.9 Å². The molecule has 2 amide bonds. The van der Waals surface area contributed by atoms with Gasteiger partial charge in [-0.1, -0.05) is 17.4 Å². The quantitative estimate of drug-likeness (QED) is 0.698. The zero-order valence-corrected chi connectivity index (χ0v) is 18.6. The Morgan fingerprint density at radius 3 is 2.55 bits per heavy atom. The first-order valence-corrected chi connectivity index (χ1v) is 11.3. The van der Waals surface area contributed by atoms with E-state index in [0.29, 0.717) is 29.6 Å². The fourth-order valence-electron chi connectivity index (χ4n) is 3.95. The lowest BCUT2D eigenvalue weighted by atomic mass is 9.96. The highest BCUT2D eigenvalue weighted by Crippen LogP contribution is 2.32. The van der Waals surface area contributed by atoms with Gasteiger partial charge < -0.3 is 19.7 Å². The van der Waals surface area contributed by atoms with Crippen molar-refractivity contribution in [1.82, 2.24) is 15.5 Å². The molecule has 1 aromatic heterocycles. The van der Waals surface area contributed by atoms with Crippen LogP contribution in [0.5, 0.6) is 11.5 Å². The summed E-state index contributed by atoms with van der Waals surface area (Å²) in [6.45, 7) is 2.66. The molecule has 0 bridgehead atoms. The number of rotatable bonds is 7. The molecule has 31 heavy (non-hydrogen) atoms. The number of benzene rings is 1. The second-order valence-electron chi connectivity index (χ2n) is 7.68. The molecule has 1 N–H and O–H groups in total. The molecule has 0 spiro atoms. The molecule has 10 heteroatoms. The molecule has 1 aromatic carbocycles. The van der Waals surface area contributed by atoms with Gasteiger partial charge in [0.25, 0.3) is 0 Å². The zero-order valence-electron chi connectivity index (χ0n) is 17.8. The van der Waals surface area contributed by atoms with Crippen molar-refractivity contribution in [3.8, 4) is 11.5 Å². The molecule has 0 saturated carbocycles. The predicted octanol–water partition coefficient (Wildman–Crippen LogP) is 2.21. The number of ether oxygens (including phenoxy) is 2. The summed E-state index contributed by atoms with van der Waals surface area (Å²) in [6.07, 6.45) is 2.97. The summed E-state index contributed by atoms with van der Waals surface area (Å²) in [5.41, 5.74) is 0.960. The van der Waals surface area contributed by atoms with Gasteiger partial charge in [-0.2, -0.15) is 0 Å². The summed E-state index contributed by atoms with van der Waals surface area (Å²) >= 11 is 1.45. The molecular weight excluding hydrogens is 418 g/mol. The first-order valence-electron chi connectivity index (χ1n) is 10.5. The van der Waals surface area contributed by atoms with Crippen LogP contribution in [0.15, 0.2) is 18.2 Å². The van der Waals surface area contributed by atoms with Crippen molar-refractivity contribution < 1.29 is 19.1 Å². The van der Waals surface area contributed by atoms with E-state index in [2.05, 4.69) is 20.4 Å². The zero-order chi connectivity index (χ0) is 21.8. The number of hydrogen-bond acceptors (Lipinski definition) is 8.